The maximum atomic E-state index is 11.4. The zero-order chi connectivity index (χ0) is 13.4. The number of hydrogen-bond acceptors (Lipinski definition) is 4. The Bertz CT molecular complexity index is 361. The van der Waals surface area contributed by atoms with E-state index >= 15 is 0 Å². The van der Waals surface area contributed by atoms with Crippen molar-refractivity contribution in [3.63, 3.8) is 0 Å². The summed E-state index contributed by atoms with van der Waals surface area (Å²) in [5.41, 5.74) is 0.920. The fourth-order valence-electron chi connectivity index (χ4n) is 1.50. The lowest BCUT2D eigenvalue weighted by Gasteiger charge is -2.05. The lowest BCUT2D eigenvalue weighted by atomic mass is 10.2. The topological polar surface area (TPSA) is 71.8 Å². The molecule has 1 aromatic rings. The van der Waals surface area contributed by atoms with E-state index in [9.17, 15) is 4.79 Å². The average molecular weight is 253 g/mol. The summed E-state index contributed by atoms with van der Waals surface area (Å²) in [5.74, 6) is 0.110. The van der Waals surface area contributed by atoms with Gasteiger partial charge in [-0.05, 0) is 20.0 Å². The van der Waals surface area contributed by atoms with Crippen LogP contribution in [0.1, 0.15) is 26.0 Å². The standard InChI is InChI=1S/C12H23N5O/c1-10(2)12(18)14-7-5-11-9-17(16-15-11)8-4-6-13-3/h9-10,13H,4-8H2,1-3H3,(H,14,18). The van der Waals surface area contributed by atoms with Gasteiger partial charge in [0, 0.05) is 31.6 Å². The van der Waals surface area contributed by atoms with Gasteiger partial charge in [0.15, 0.2) is 0 Å². The Labute approximate surface area is 108 Å². The monoisotopic (exact) mass is 253 g/mol. The van der Waals surface area contributed by atoms with Crippen LogP contribution in [0.2, 0.25) is 0 Å². The van der Waals surface area contributed by atoms with Crippen molar-refractivity contribution < 1.29 is 4.79 Å². The molecule has 18 heavy (non-hydrogen) atoms. The summed E-state index contributed by atoms with van der Waals surface area (Å²) in [6.45, 7) is 6.22. The van der Waals surface area contributed by atoms with E-state index in [0.29, 0.717) is 6.54 Å². The van der Waals surface area contributed by atoms with Crippen molar-refractivity contribution in [3.8, 4) is 0 Å². The molecular weight excluding hydrogens is 230 g/mol. The molecule has 0 radical (unpaired) electrons. The van der Waals surface area contributed by atoms with Gasteiger partial charge >= 0.3 is 0 Å². The molecule has 0 aromatic carbocycles. The summed E-state index contributed by atoms with van der Waals surface area (Å²) in [4.78, 5) is 11.4. The Morgan fingerprint density at radius 1 is 1.44 bits per heavy atom. The Hall–Kier alpha value is -1.43. The summed E-state index contributed by atoms with van der Waals surface area (Å²) in [6.07, 6.45) is 3.70. The predicted molar refractivity (Wildman–Crippen MR) is 70.1 cm³/mol. The number of amides is 1. The normalized spacial score (nSPS) is 10.9. The van der Waals surface area contributed by atoms with Crippen LogP contribution in [0.15, 0.2) is 6.20 Å². The van der Waals surface area contributed by atoms with E-state index in [-0.39, 0.29) is 11.8 Å². The lowest BCUT2D eigenvalue weighted by Crippen LogP contribution is -2.29. The minimum absolute atomic E-state index is 0.0298. The molecule has 0 fully saturated rings. The maximum absolute atomic E-state index is 11.4. The van der Waals surface area contributed by atoms with Crippen molar-refractivity contribution >= 4 is 5.91 Å². The molecule has 0 atom stereocenters. The third-order valence-corrected chi connectivity index (χ3v) is 2.60. The molecular formula is C12H23N5O. The molecule has 0 unspecified atom stereocenters. The Kier molecular flexibility index (Phi) is 6.35. The smallest absolute Gasteiger partial charge is 0.222 e. The molecule has 2 N–H and O–H groups in total. The van der Waals surface area contributed by atoms with Gasteiger partial charge < -0.3 is 10.6 Å². The Morgan fingerprint density at radius 2 is 2.22 bits per heavy atom. The van der Waals surface area contributed by atoms with Crippen LogP contribution in [-0.4, -0.2) is 41.0 Å². The van der Waals surface area contributed by atoms with Gasteiger partial charge in [0.05, 0.1) is 5.69 Å². The first kappa shape index (κ1) is 14.6. The second kappa shape index (κ2) is 7.81. The maximum Gasteiger partial charge on any atom is 0.222 e. The van der Waals surface area contributed by atoms with Crippen LogP contribution in [0.5, 0.6) is 0 Å². The molecule has 0 aliphatic rings. The fraction of sp³-hybridized carbons (Fsp3) is 0.750. The molecule has 1 aromatic heterocycles. The van der Waals surface area contributed by atoms with E-state index in [0.717, 1.165) is 31.6 Å². The highest BCUT2D eigenvalue weighted by Gasteiger charge is 2.06. The first-order valence-corrected chi connectivity index (χ1v) is 6.44. The van der Waals surface area contributed by atoms with E-state index in [1.54, 1.807) is 0 Å². The third-order valence-electron chi connectivity index (χ3n) is 2.60. The van der Waals surface area contributed by atoms with Crippen LogP contribution in [0.25, 0.3) is 0 Å². The first-order chi connectivity index (χ1) is 8.63. The molecule has 102 valence electrons. The largest absolute Gasteiger partial charge is 0.355 e. The van der Waals surface area contributed by atoms with Gasteiger partial charge in [-0.1, -0.05) is 19.1 Å². The number of aromatic nitrogens is 3. The molecule has 0 spiro atoms. The molecule has 6 heteroatoms. The second-order valence-corrected chi connectivity index (χ2v) is 4.63. The Morgan fingerprint density at radius 3 is 2.89 bits per heavy atom. The van der Waals surface area contributed by atoms with Gasteiger partial charge in [0.1, 0.15) is 0 Å². The predicted octanol–water partition coefficient (Wildman–Crippen LogP) is 0.202. The van der Waals surface area contributed by atoms with E-state index in [1.165, 1.54) is 0 Å². The van der Waals surface area contributed by atoms with Crippen LogP contribution in [0.4, 0.5) is 0 Å². The highest BCUT2D eigenvalue weighted by Crippen LogP contribution is 1.96. The molecule has 0 saturated carbocycles. The molecule has 0 aliphatic heterocycles. The van der Waals surface area contributed by atoms with Crippen molar-refractivity contribution in [1.82, 2.24) is 25.6 Å². The zero-order valence-electron chi connectivity index (χ0n) is 11.4. The van der Waals surface area contributed by atoms with E-state index in [2.05, 4.69) is 20.9 Å². The summed E-state index contributed by atoms with van der Waals surface area (Å²) < 4.78 is 1.84. The average Bonchev–Trinajstić information content (AvgIpc) is 2.77. The number of nitrogens with zero attached hydrogens (tertiary/aromatic N) is 3. The van der Waals surface area contributed by atoms with Crippen molar-refractivity contribution in [2.75, 3.05) is 20.1 Å². The van der Waals surface area contributed by atoms with Crippen molar-refractivity contribution in [2.24, 2.45) is 5.92 Å². The van der Waals surface area contributed by atoms with E-state index in [4.69, 9.17) is 0 Å². The third kappa shape index (κ3) is 5.27. The van der Waals surface area contributed by atoms with E-state index in [1.807, 2.05) is 31.8 Å². The number of hydrogen-bond donors (Lipinski definition) is 2. The number of aryl methyl sites for hydroxylation is 1. The fourth-order valence-corrected chi connectivity index (χ4v) is 1.50. The summed E-state index contributed by atoms with van der Waals surface area (Å²) >= 11 is 0. The van der Waals surface area contributed by atoms with Gasteiger partial charge in [-0.25, -0.2) is 0 Å². The highest BCUT2D eigenvalue weighted by atomic mass is 16.1. The van der Waals surface area contributed by atoms with Crippen LogP contribution < -0.4 is 10.6 Å². The zero-order valence-corrected chi connectivity index (χ0v) is 11.4. The van der Waals surface area contributed by atoms with Crippen molar-refractivity contribution in [3.05, 3.63) is 11.9 Å². The SMILES string of the molecule is CNCCCn1cc(CCNC(=O)C(C)C)nn1. The number of rotatable bonds is 8. The van der Waals surface area contributed by atoms with Gasteiger partial charge in [0.25, 0.3) is 0 Å². The highest BCUT2D eigenvalue weighted by molar-refractivity contribution is 5.77. The lowest BCUT2D eigenvalue weighted by molar-refractivity contribution is -0.123. The van der Waals surface area contributed by atoms with E-state index < -0.39 is 0 Å². The number of carbonyl (C=O) groups is 1. The van der Waals surface area contributed by atoms with Crippen LogP contribution in [-0.2, 0) is 17.8 Å². The number of nitrogens with one attached hydrogen (secondary N) is 2. The van der Waals surface area contributed by atoms with Gasteiger partial charge in [-0.15, -0.1) is 5.10 Å². The summed E-state index contributed by atoms with van der Waals surface area (Å²) in [7, 11) is 1.93. The minimum atomic E-state index is 0.0298. The molecule has 6 nitrogen and oxygen atoms in total. The van der Waals surface area contributed by atoms with Crippen LogP contribution >= 0.6 is 0 Å². The molecule has 0 aliphatic carbocycles. The van der Waals surface area contributed by atoms with Crippen molar-refractivity contribution in [2.45, 2.75) is 33.2 Å². The second-order valence-electron chi connectivity index (χ2n) is 4.63. The van der Waals surface area contributed by atoms with Crippen LogP contribution in [0, 0.1) is 5.92 Å². The van der Waals surface area contributed by atoms with Crippen molar-refractivity contribution in [1.29, 1.82) is 0 Å². The molecule has 1 heterocycles. The summed E-state index contributed by atoms with van der Waals surface area (Å²) in [5, 5.41) is 14.1. The summed E-state index contributed by atoms with van der Waals surface area (Å²) in [6, 6.07) is 0. The molecule has 0 saturated heterocycles. The minimum Gasteiger partial charge on any atom is -0.355 e. The van der Waals surface area contributed by atoms with Gasteiger partial charge in [0.2, 0.25) is 5.91 Å². The molecule has 1 amide bonds. The first-order valence-electron chi connectivity index (χ1n) is 6.44. The van der Waals surface area contributed by atoms with Gasteiger partial charge in [-0.2, -0.15) is 0 Å². The quantitative estimate of drug-likeness (QED) is 0.649. The Balaban J connectivity index is 2.24. The molecule has 1 rings (SSSR count). The molecule has 0 bridgehead atoms. The van der Waals surface area contributed by atoms with Gasteiger partial charge in [-0.3, -0.25) is 9.48 Å². The number of carbonyl (C=O) groups excluding carboxylic acids is 1. The van der Waals surface area contributed by atoms with Crippen LogP contribution in [0.3, 0.4) is 0 Å².